The van der Waals surface area contributed by atoms with Gasteiger partial charge in [-0.05, 0) is 77.1 Å². The van der Waals surface area contributed by atoms with Gasteiger partial charge in [0.15, 0.2) is 5.82 Å². The lowest BCUT2D eigenvalue weighted by Gasteiger charge is -2.33. The third kappa shape index (κ3) is 4.00. The van der Waals surface area contributed by atoms with Crippen LogP contribution in [0.4, 0.5) is 10.1 Å². The highest BCUT2D eigenvalue weighted by molar-refractivity contribution is 6.31. The van der Waals surface area contributed by atoms with Crippen LogP contribution < -0.4 is 5.32 Å². The number of benzene rings is 2. The zero-order valence-electron chi connectivity index (χ0n) is 20.6. The monoisotopic (exact) mass is 544 g/mol. The summed E-state index contributed by atoms with van der Waals surface area (Å²) in [5.41, 5.74) is 4.96. The van der Waals surface area contributed by atoms with Gasteiger partial charge in [0.2, 0.25) is 11.8 Å². The maximum absolute atomic E-state index is 15.3. The molecule has 0 saturated carbocycles. The van der Waals surface area contributed by atoms with E-state index in [9.17, 15) is 9.59 Å². The smallest absolute Gasteiger partial charge is 0.247 e. The summed E-state index contributed by atoms with van der Waals surface area (Å²) in [4.78, 5) is 35.0. The van der Waals surface area contributed by atoms with Crippen molar-refractivity contribution in [3.05, 3.63) is 76.7 Å². The Morgan fingerprint density at radius 3 is 2.85 bits per heavy atom. The van der Waals surface area contributed by atoms with E-state index in [1.165, 1.54) is 23.2 Å². The molecule has 5 heterocycles. The maximum atomic E-state index is 15.3. The van der Waals surface area contributed by atoms with Gasteiger partial charge >= 0.3 is 0 Å². The number of nitrogens with zero attached hydrogens (tertiary/aromatic N) is 6. The van der Waals surface area contributed by atoms with E-state index in [-0.39, 0.29) is 34.5 Å². The van der Waals surface area contributed by atoms with Crippen LogP contribution in [0.25, 0.3) is 22.5 Å². The van der Waals surface area contributed by atoms with Crippen molar-refractivity contribution < 1.29 is 14.0 Å². The van der Waals surface area contributed by atoms with Crippen molar-refractivity contribution in [3.63, 3.8) is 0 Å². The van der Waals surface area contributed by atoms with Gasteiger partial charge in [-0.15, -0.1) is 5.10 Å². The summed E-state index contributed by atoms with van der Waals surface area (Å²) in [7, 11) is 0. The number of carbonyl (C=O) groups is 2. The van der Waals surface area contributed by atoms with Crippen LogP contribution in [0.1, 0.15) is 48.7 Å². The summed E-state index contributed by atoms with van der Waals surface area (Å²) in [5.74, 6) is -0.0599. The fraction of sp³-hybridized carbons (Fsp3) is 0.259. The molecule has 2 N–H and O–H groups in total. The summed E-state index contributed by atoms with van der Waals surface area (Å²) in [6, 6.07) is 8.69. The SMILES string of the molecule is O=C1CCc2cc(-c3cnc([C@@H]4CCC5CC(c6c(-n7cnnn7)ccc(Cl)c6F)=CC(=O)N54)[nH]3)ccc2N1. The van der Waals surface area contributed by atoms with Crippen LogP contribution in [0.3, 0.4) is 0 Å². The fourth-order valence-corrected chi connectivity index (χ4v) is 6.07. The van der Waals surface area contributed by atoms with Crippen molar-refractivity contribution in [1.82, 2.24) is 35.1 Å². The summed E-state index contributed by atoms with van der Waals surface area (Å²) >= 11 is 6.13. The van der Waals surface area contributed by atoms with Crippen LogP contribution in [0.15, 0.2) is 48.9 Å². The molecule has 1 fully saturated rings. The number of rotatable bonds is 4. The molecule has 4 aromatic rings. The highest BCUT2D eigenvalue weighted by Crippen LogP contribution is 2.44. The van der Waals surface area contributed by atoms with E-state index in [1.807, 2.05) is 17.0 Å². The average Bonchev–Trinajstić information content (AvgIpc) is 3.70. The number of H-pyrrole nitrogens is 1. The van der Waals surface area contributed by atoms with Crippen LogP contribution in [0, 0.1) is 5.82 Å². The van der Waals surface area contributed by atoms with Crippen molar-refractivity contribution in [3.8, 4) is 16.9 Å². The highest BCUT2D eigenvalue weighted by atomic mass is 35.5. The average molecular weight is 545 g/mol. The lowest BCUT2D eigenvalue weighted by atomic mass is 9.92. The number of imidazole rings is 1. The van der Waals surface area contributed by atoms with Gasteiger partial charge in [0.1, 0.15) is 12.2 Å². The second kappa shape index (κ2) is 9.12. The number of anilines is 1. The number of aromatic nitrogens is 6. The van der Waals surface area contributed by atoms with E-state index in [0.717, 1.165) is 35.3 Å². The topological polar surface area (TPSA) is 122 Å². The van der Waals surface area contributed by atoms with Crippen LogP contribution in [-0.4, -0.2) is 52.9 Å². The maximum Gasteiger partial charge on any atom is 0.247 e. The molecule has 7 rings (SSSR count). The number of tetrazole rings is 1. The van der Waals surface area contributed by atoms with E-state index < -0.39 is 5.82 Å². The largest absolute Gasteiger partial charge is 0.340 e. The molecule has 2 aromatic carbocycles. The normalized spacial score (nSPS) is 20.5. The molecule has 39 heavy (non-hydrogen) atoms. The predicted molar refractivity (Wildman–Crippen MR) is 140 cm³/mol. The number of carbonyl (C=O) groups excluding carboxylic acids is 2. The zero-order valence-corrected chi connectivity index (χ0v) is 21.3. The predicted octanol–water partition coefficient (Wildman–Crippen LogP) is 4.25. The molecule has 3 aliphatic rings. The summed E-state index contributed by atoms with van der Waals surface area (Å²) in [6.45, 7) is 0. The van der Waals surface area contributed by atoms with E-state index in [2.05, 4.69) is 36.9 Å². The van der Waals surface area contributed by atoms with E-state index in [4.69, 9.17) is 11.6 Å². The quantitative estimate of drug-likeness (QED) is 0.396. The first-order valence-corrected chi connectivity index (χ1v) is 13.1. The van der Waals surface area contributed by atoms with Crippen molar-refractivity contribution in [2.45, 2.75) is 44.2 Å². The third-order valence-electron chi connectivity index (χ3n) is 7.72. The lowest BCUT2D eigenvalue weighted by Crippen LogP contribution is -2.39. The number of nitrogens with one attached hydrogen (secondary N) is 2. The number of amides is 2. The third-order valence-corrected chi connectivity index (χ3v) is 8.01. The lowest BCUT2D eigenvalue weighted by molar-refractivity contribution is -0.129. The molecule has 2 atom stereocenters. The number of fused-ring (bicyclic) bond motifs is 2. The van der Waals surface area contributed by atoms with Crippen molar-refractivity contribution in [1.29, 1.82) is 0 Å². The van der Waals surface area contributed by atoms with Gasteiger partial charge in [0.25, 0.3) is 0 Å². The van der Waals surface area contributed by atoms with Crippen molar-refractivity contribution in [2.75, 3.05) is 5.32 Å². The Morgan fingerprint density at radius 2 is 2.00 bits per heavy atom. The first-order chi connectivity index (χ1) is 19.0. The molecule has 10 nitrogen and oxygen atoms in total. The second-order valence-corrected chi connectivity index (χ2v) is 10.4. The van der Waals surface area contributed by atoms with Crippen LogP contribution in [0.2, 0.25) is 5.02 Å². The Morgan fingerprint density at radius 1 is 1.10 bits per heavy atom. The molecule has 1 unspecified atom stereocenters. The molecule has 0 radical (unpaired) electrons. The molecule has 2 aromatic heterocycles. The van der Waals surface area contributed by atoms with Crippen molar-refractivity contribution in [2.24, 2.45) is 0 Å². The Kier molecular flexibility index (Phi) is 5.55. The molecule has 0 aliphatic carbocycles. The first kappa shape index (κ1) is 23.7. The Labute approximate surface area is 226 Å². The van der Waals surface area contributed by atoms with Crippen LogP contribution in [-0.2, 0) is 16.0 Å². The van der Waals surface area contributed by atoms with Gasteiger partial charge in [-0.25, -0.2) is 9.37 Å². The minimum atomic E-state index is -0.605. The number of halogens is 2. The van der Waals surface area contributed by atoms with Gasteiger partial charge in [-0.2, -0.15) is 4.68 Å². The molecular formula is C27H22ClFN8O2. The Bertz CT molecular complexity index is 1660. The molecule has 0 bridgehead atoms. The number of hydrogen-bond donors (Lipinski definition) is 2. The molecule has 196 valence electrons. The van der Waals surface area contributed by atoms with Crippen LogP contribution in [0.5, 0.6) is 0 Å². The van der Waals surface area contributed by atoms with Gasteiger partial charge < -0.3 is 15.2 Å². The second-order valence-electron chi connectivity index (χ2n) is 9.98. The minimum Gasteiger partial charge on any atom is -0.340 e. The summed E-state index contributed by atoms with van der Waals surface area (Å²) < 4.78 is 16.7. The number of aromatic amines is 1. The zero-order chi connectivity index (χ0) is 26.7. The van der Waals surface area contributed by atoms with Gasteiger partial charge in [0, 0.05) is 29.8 Å². The number of hydrogen-bond acceptors (Lipinski definition) is 6. The van der Waals surface area contributed by atoms with Gasteiger partial charge in [-0.3, -0.25) is 9.59 Å². The van der Waals surface area contributed by atoms with E-state index in [1.54, 1.807) is 12.3 Å². The standard InChI is InChI=1S/C27H22ClFN8O2/c28-18-4-7-21(36-13-31-34-35-36)25(26(18)29)16-10-17-3-6-22(37(17)24(39)11-16)27-30-12-20(33-27)15-1-5-19-14(9-15)2-8-23(38)32-19/h1,4-5,7,9,11-13,17,22H,2-3,6,8,10H2,(H,30,33)(H,32,38)/t17?,22-/m0/s1. The molecule has 12 heteroatoms. The van der Waals surface area contributed by atoms with E-state index in [0.29, 0.717) is 36.3 Å². The molecule has 3 aliphatic heterocycles. The van der Waals surface area contributed by atoms with Crippen LogP contribution >= 0.6 is 11.6 Å². The fourth-order valence-electron chi connectivity index (χ4n) is 5.91. The number of aryl methyl sites for hydroxylation is 1. The molecular weight excluding hydrogens is 523 g/mol. The first-order valence-electron chi connectivity index (χ1n) is 12.7. The molecule has 0 spiro atoms. The van der Waals surface area contributed by atoms with Gasteiger partial charge in [0.05, 0.1) is 28.6 Å². The van der Waals surface area contributed by atoms with Gasteiger partial charge in [-0.1, -0.05) is 17.7 Å². The highest BCUT2D eigenvalue weighted by Gasteiger charge is 2.42. The minimum absolute atomic E-state index is 0.0306. The summed E-state index contributed by atoms with van der Waals surface area (Å²) in [5, 5.41) is 14.1. The Hall–Kier alpha value is -4.38. The molecule has 2 amide bonds. The summed E-state index contributed by atoms with van der Waals surface area (Å²) in [6.07, 6.45) is 7.77. The Balaban J connectivity index is 1.18. The molecule has 1 saturated heterocycles. The van der Waals surface area contributed by atoms with Crippen molar-refractivity contribution >= 4 is 34.7 Å². The van der Waals surface area contributed by atoms with E-state index >= 15 is 4.39 Å².